The summed E-state index contributed by atoms with van der Waals surface area (Å²) in [6.45, 7) is 4.21. The summed E-state index contributed by atoms with van der Waals surface area (Å²) in [5, 5.41) is 6.16. The number of carbonyl (C=O) groups excluding carboxylic acids is 2. The Hall–Kier alpha value is -1.36. The molecule has 2 amide bonds. The second kappa shape index (κ2) is 4.96. The zero-order chi connectivity index (χ0) is 13.4. The summed E-state index contributed by atoms with van der Waals surface area (Å²) in [4.78, 5) is 26.4. The first-order chi connectivity index (χ1) is 9.16. The molecule has 5 nitrogen and oxygen atoms in total. The Bertz CT molecular complexity index is 434. The van der Waals surface area contributed by atoms with Crippen LogP contribution < -0.4 is 10.6 Å². The fraction of sp³-hybridized carbons (Fsp3) is 0.714. The van der Waals surface area contributed by atoms with Crippen LogP contribution in [0.5, 0.6) is 0 Å². The molecule has 1 atom stereocenters. The van der Waals surface area contributed by atoms with Crippen LogP contribution in [0, 0.1) is 0 Å². The van der Waals surface area contributed by atoms with Crippen LogP contribution in [0.4, 0.5) is 0 Å². The van der Waals surface area contributed by atoms with Crippen molar-refractivity contribution in [3.05, 3.63) is 11.1 Å². The fourth-order valence-electron chi connectivity index (χ4n) is 2.69. The second-order valence-electron chi connectivity index (χ2n) is 5.77. The number of nitrogens with one attached hydrogen (secondary N) is 2. The molecule has 0 bridgehead atoms. The van der Waals surface area contributed by atoms with E-state index in [1.165, 1.54) is 5.57 Å². The van der Waals surface area contributed by atoms with Gasteiger partial charge in [0, 0.05) is 31.2 Å². The molecule has 0 spiro atoms. The highest BCUT2D eigenvalue weighted by atomic mass is 16.2. The van der Waals surface area contributed by atoms with Crippen LogP contribution in [-0.4, -0.2) is 48.4 Å². The third kappa shape index (κ3) is 2.52. The summed E-state index contributed by atoms with van der Waals surface area (Å²) in [5.41, 5.74) is 2.00. The van der Waals surface area contributed by atoms with Crippen molar-refractivity contribution >= 4 is 11.8 Å². The smallest absolute Gasteiger partial charge is 0.250 e. The van der Waals surface area contributed by atoms with Crippen molar-refractivity contribution in [3.63, 3.8) is 0 Å². The molecule has 2 heterocycles. The SMILES string of the molecule is CC(C(=O)N1CCCC1C(=O)NC1CC1)=C1CNC1. The molecule has 3 fully saturated rings. The Morgan fingerprint density at radius 1 is 1.26 bits per heavy atom. The molecule has 0 aromatic rings. The number of nitrogens with zero attached hydrogens (tertiary/aromatic N) is 1. The van der Waals surface area contributed by atoms with Crippen LogP contribution in [0.25, 0.3) is 0 Å². The minimum absolute atomic E-state index is 0.0397. The van der Waals surface area contributed by atoms with E-state index in [2.05, 4.69) is 10.6 Å². The Morgan fingerprint density at radius 3 is 2.58 bits per heavy atom. The Balaban J connectivity index is 1.67. The molecule has 5 heteroatoms. The van der Waals surface area contributed by atoms with Gasteiger partial charge in [0.2, 0.25) is 11.8 Å². The van der Waals surface area contributed by atoms with E-state index in [0.717, 1.165) is 44.3 Å². The summed E-state index contributed by atoms with van der Waals surface area (Å²) in [7, 11) is 0. The van der Waals surface area contributed by atoms with Crippen molar-refractivity contribution in [1.82, 2.24) is 15.5 Å². The van der Waals surface area contributed by atoms with Gasteiger partial charge in [0.05, 0.1) is 0 Å². The number of rotatable bonds is 3. The van der Waals surface area contributed by atoms with Gasteiger partial charge in [-0.3, -0.25) is 9.59 Å². The minimum atomic E-state index is -0.253. The standard InChI is InChI=1S/C14H21N3O2/c1-9(10-7-15-8-10)14(19)17-6-2-3-12(17)13(18)16-11-4-5-11/h11-12,15H,2-8H2,1H3,(H,16,18). The molecular formula is C14H21N3O2. The number of carbonyl (C=O) groups is 2. The topological polar surface area (TPSA) is 61.4 Å². The van der Waals surface area contributed by atoms with E-state index in [9.17, 15) is 9.59 Å². The molecule has 3 rings (SSSR count). The predicted octanol–water partition coefficient (Wildman–Crippen LogP) is 0.176. The highest BCUT2D eigenvalue weighted by molar-refractivity contribution is 5.97. The van der Waals surface area contributed by atoms with Gasteiger partial charge in [0.15, 0.2) is 0 Å². The van der Waals surface area contributed by atoms with E-state index >= 15 is 0 Å². The van der Waals surface area contributed by atoms with E-state index in [1.807, 2.05) is 6.92 Å². The zero-order valence-corrected chi connectivity index (χ0v) is 11.4. The first-order valence-electron chi connectivity index (χ1n) is 7.17. The lowest BCUT2D eigenvalue weighted by Gasteiger charge is -2.27. The summed E-state index contributed by atoms with van der Waals surface area (Å²) in [6, 6.07) is 0.108. The average Bonchev–Trinajstić information content (AvgIpc) is 2.99. The number of hydrogen-bond acceptors (Lipinski definition) is 3. The monoisotopic (exact) mass is 263 g/mol. The molecule has 19 heavy (non-hydrogen) atoms. The van der Waals surface area contributed by atoms with Gasteiger partial charge in [0.1, 0.15) is 6.04 Å². The molecular weight excluding hydrogens is 242 g/mol. The third-order valence-electron chi connectivity index (χ3n) is 4.27. The predicted molar refractivity (Wildman–Crippen MR) is 71.5 cm³/mol. The molecule has 1 saturated carbocycles. The molecule has 104 valence electrons. The van der Waals surface area contributed by atoms with Crippen molar-refractivity contribution in [2.45, 2.75) is 44.7 Å². The Labute approximate surface area is 113 Å². The van der Waals surface area contributed by atoms with Gasteiger partial charge in [0.25, 0.3) is 0 Å². The molecule has 1 aliphatic carbocycles. The van der Waals surface area contributed by atoms with Crippen molar-refractivity contribution < 1.29 is 9.59 Å². The van der Waals surface area contributed by atoms with Gasteiger partial charge in [-0.25, -0.2) is 0 Å². The van der Waals surface area contributed by atoms with Crippen LogP contribution in [-0.2, 0) is 9.59 Å². The van der Waals surface area contributed by atoms with E-state index in [4.69, 9.17) is 0 Å². The van der Waals surface area contributed by atoms with Gasteiger partial charge in [-0.05, 0) is 38.2 Å². The largest absolute Gasteiger partial charge is 0.352 e. The quantitative estimate of drug-likeness (QED) is 0.714. The van der Waals surface area contributed by atoms with Gasteiger partial charge in [-0.2, -0.15) is 0 Å². The van der Waals surface area contributed by atoms with Gasteiger partial charge in [-0.1, -0.05) is 0 Å². The van der Waals surface area contributed by atoms with Crippen LogP contribution in [0.2, 0.25) is 0 Å². The fourth-order valence-corrected chi connectivity index (χ4v) is 2.69. The molecule has 0 aromatic carbocycles. The average molecular weight is 263 g/mol. The van der Waals surface area contributed by atoms with Gasteiger partial charge < -0.3 is 15.5 Å². The molecule has 2 N–H and O–H groups in total. The van der Waals surface area contributed by atoms with E-state index in [-0.39, 0.29) is 17.9 Å². The zero-order valence-electron chi connectivity index (χ0n) is 11.4. The lowest BCUT2D eigenvalue weighted by Crippen LogP contribution is -2.47. The van der Waals surface area contributed by atoms with Crippen LogP contribution >= 0.6 is 0 Å². The second-order valence-corrected chi connectivity index (χ2v) is 5.77. The molecule has 0 radical (unpaired) electrons. The maximum atomic E-state index is 12.5. The number of amides is 2. The van der Waals surface area contributed by atoms with E-state index in [1.54, 1.807) is 4.90 Å². The van der Waals surface area contributed by atoms with Crippen molar-refractivity contribution in [2.24, 2.45) is 0 Å². The molecule has 1 unspecified atom stereocenters. The van der Waals surface area contributed by atoms with E-state index < -0.39 is 0 Å². The maximum absolute atomic E-state index is 12.5. The van der Waals surface area contributed by atoms with Crippen LogP contribution in [0.1, 0.15) is 32.6 Å². The molecule has 2 saturated heterocycles. The minimum Gasteiger partial charge on any atom is -0.352 e. The summed E-state index contributed by atoms with van der Waals surface area (Å²) < 4.78 is 0. The van der Waals surface area contributed by atoms with Crippen LogP contribution in [0.15, 0.2) is 11.1 Å². The first kappa shape index (κ1) is 12.7. The number of likely N-dealkylation sites (tertiary alicyclic amines) is 1. The molecule has 3 aliphatic rings. The third-order valence-corrected chi connectivity index (χ3v) is 4.27. The highest BCUT2D eigenvalue weighted by Gasteiger charge is 2.37. The Kier molecular flexibility index (Phi) is 3.31. The lowest BCUT2D eigenvalue weighted by molar-refractivity contribution is -0.135. The van der Waals surface area contributed by atoms with Crippen molar-refractivity contribution in [2.75, 3.05) is 19.6 Å². The first-order valence-corrected chi connectivity index (χ1v) is 7.17. The summed E-state index contributed by atoms with van der Waals surface area (Å²) in [6.07, 6.45) is 3.89. The normalized spacial score (nSPS) is 26.1. The molecule has 0 aromatic heterocycles. The summed E-state index contributed by atoms with van der Waals surface area (Å²) in [5.74, 6) is 0.0860. The van der Waals surface area contributed by atoms with E-state index in [0.29, 0.717) is 12.6 Å². The number of hydrogen-bond donors (Lipinski definition) is 2. The van der Waals surface area contributed by atoms with Gasteiger partial charge >= 0.3 is 0 Å². The van der Waals surface area contributed by atoms with Crippen molar-refractivity contribution in [3.8, 4) is 0 Å². The highest BCUT2D eigenvalue weighted by Crippen LogP contribution is 2.24. The van der Waals surface area contributed by atoms with Crippen molar-refractivity contribution in [1.29, 1.82) is 0 Å². The lowest BCUT2D eigenvalue weighted by atomic mass is 10.0. The molecule has 2 aliphatic heterocycles. The maximum Gasteiger partial charge on any atom is 0.250 e. The Morgan fingerprint density at radius 2 is 2.00 bits per heavy atom. The van der Waals surface area contributed by atoms with Gasteiger partial charge in [-0.15, -0.1) is 0 Å². The van der Waals surface area contributed by atoms with Crippen LogP contribution in [0.3, 0.4) is 0 Å². The summed E-state index contributed by atoms with van der Waals surface area (Å²) >= 11 is 0.